The van der Waals surface area contributed by atoms with Crippen LogP contribution in [0.4, 0.5) is 11.4 Å². The first-order chi connectivity index (χ1) is 13.4. The van der Waals surface area contributed by atoms with E-state index in [4.69, 9.17) is 5.11 Å². The highest BCUT2D eigenvalue weighted by Crippen LogP contribution is 2.33. The maximum absolute atomic E-state index is 12.9. The van der Waals surface area contributed by atoms with Crippen molar-refractivity contribution in [3.05, 3.63) is 68.8 Å². The first-order valence-corrected chi connectivity index (χ1v) is 10.2. The van der Waals surface area contributed by atoms with Gasteiger partial charge in [0.05, 0.1) is 9.85 Å². The molecular formula is C14H11N3O10S2. The van der Waals surface area contributed by atoms with Gasteiger partial charge in [-0.15, -0.1) is 0 Å². The summed E-state index contributed by atoms with van der Waals surface area (Å²) in [6.45, 7) is -1.65. The molecule has 2 aromatic carbocycles. The first-order valence-electron chi connectivity index (χ1n) is 7.37. The molecule has 0 aliphatic heterocycles. The molecule has 154 valence electrons. The number of nitrogens with zero attached hydrogens (tertiary/aromatic N) is 3. The lowest BCUT2D eigenvalue weighted by Gasteiger charge is -2.20. The zero-order chi connectivity index (χ0) is 22.0. The van der Waals surface area contributed by atoms with Crippen molar-refractivity contribution >= 4 is 37.4 Å². The fraction of sp³-hybridized carbons (Fsp3) is 0.0714. The van der Waals surface area contributed by atoms with E-state index in [1.807, 2.05) is 0 Å². The molecule has 0 heterocycles. The minimum atomic E-state index is -5.32. The lowest BCUT2D eigenvalue weighted by molar-refractivity contribution is -0.388. The zero-order valence-electron chi connectivity index (χ0n) is 14.1. The molecule has 0 saturated carbocycles. The molecular weight excluding hydrogens is 434 g/mol. The minimum Gasteiger partial charge on any atom is -0.480 e. The SMILES string of the molecule is O=C(O)CN(S(=O)(=O)c1ccccc1[N+](=O)[O-])S(=O)(=O)c1ccccc1[N+](=O)[O-]. The van der Waals surface area contributed by atoms with Gasteiger partial charge in [0, 0.05) is 12.1 Å². The van der Waals surface area contributed by atoms with Gasteiger partial charge in [0.1, 0.15) is 6.54 Å². The van der Waals surface area contributed by atoms with E-state index in [9.17, 15) is 41.9 Å². The Labute approximate surface area is 163 Å². The number of benzene rings is 2. The summed E-state index contributed by atoms with van der Waals surface area (Å²) >= 11 is 0. The maximum atomic E-state index is 12.9. The quantitative estimate of drug-likeness (QED) is 0.451. The van der Waals surface area contributed by atoms with Crippen molar-refractivity contribution in [2.75, 3.05) is 6.54 Å². The van der Waals surface area contributed by atoms with E-state index in [-0.39, 0.29) is 0 Å². The van der Waals surface area contributed by atoms with Crippen molar-refractivity contribution in [3.8, 4) is 0 Å². The predicted molar refractivity (Wildman–Crippen MR) is 94.9 cm³/mol. The summed E-state index contributed by atoms with van der Waals surface area (Å²) in [5.74, 6) is -1.91. The third-order valence-corrected chi connectivity index (χ3v) is 7.79. The molecule has 0 spiro atoms. The van der Waals surface area contributed by atoms with E-state index in [0.717, 1.165) is 48.5 Å². The van der Waals surface area contributed by atoms with Gasteiger partial charge in [-0.3, -0.25) is 25.0 Å². The third-order valence-electron chi connectivity index (χ3n) is 3.48. The van der Waals surface area contributed by atoms with Crippen molar-refractivity contribution in [1.82, 2.24) is 3.71 Å². The van der Waals surface area contributed by atoms with Crippen LogP contribution < -0.4 is 0 Å². The van der Waals surface area contributed by atoms with Crippen molar-refractivity contribution in [3.63, 3.8) is 0 Å². The van der Waals surface area contributed by atoms with Crippen LogP contribution in [0.25, 0.3) is 0 Å². The molecule has 15 heteroatoms. The molecule has 1 N–H and O–H groups in total. The molecule has 0 unspecified atom stereocenters. The van der Waals surface area contributed by atoms with Gasteiger partial charge in [-0.1, -0.05) is 28.0 Å². The number of nitro benzene ring substituents is 2. The lowest BCUT2D eigenvalue weighted by atomic mass is 10.3. The van der Waals surface area contributed by atoms with Crippen LogP contribution in [0.1, 0.15) is 0 Å². The Bertz CT molecular complexity index is 1120. The van der Waals surface area contributed by atoms with Crippen molar-refractivity contribution in [2.45, 2.75) is 9.79 Å². The molecule has 0 radical (unpaired) electrons. The van der Waals surface area contributed by atoms with Crippen LogP contribution in [0.3, 0.4) is 0 Å². The van der Waals surface area contributed by atoms with Crippen molar-refractivity contribution in [1.29, 1.82) is 0 Å². The Morgan fingerprint density at radius 2 is 1.17 bits per heavy atom. The van der Waals surface area contributed by atoms with Crippen molar-refractivity contribution in [2.24, 2.45) is 0 Å². The predicted octanol–water partition coefficient (Wildman–Crippen LogP) is 0.967. The molecule has 0 atom stereocenters. The third kappa shape index (κ3) is 4.20. The Balaban J connectivity index is 2.81. The number of hydrogen-bond donors (Lipinski definition) is 1. The Kier molecular flexibility index (Phi) is 5.96. The second kappa shape index (κ2) is 7.90. The van der Waals surface area contributed by atoms with E-state index in [0.29, 0.717) is 0 Å². The molecule has 0 aliphatic rings. The van der Waals surface area contributed by atoms with Crippen LogP contribution in [0.5, 0.6) is 0 Å². The van der Waals surface area contributed by atoms with E-state index < -0.39 is 67.3 Å². The summed E-state index contributed by atoms with van der Waals surface area (Å²) in [7, 11) is -10.6. The number of carbonyl (C=O) groups is 1. The van der Waals surface area contributed by atoms with Crippen LogP contribution in [0.2, 0.25) is 0 Å². The second-order valence-corrected chi connectivity index (χ2v) is 9.18. The van der Waals surface area contributed by atoms with E-state index in [1.165, 1.54) is 0 Å². The number of hydrogen-bond acceptors (Lipinski definition) is 9. The normalized spacial score (nSPS) is 11.9. The molecule has 0 aliphatic carbocycles. The number of aliphatic carboxylic acids is 1. The van der Waals surface area contributed by atoms with Gasteiger partial charge >= 0.3 is 5.97 Å². The standard InChI is InChI=1S/C14H11N3O10S2/c18-14(19)9-15(28(24,25)12-7-3-1-5-10(12)16(20)21)29(26,27)13-8-4-2-6-11(13)17(22)23/h1-8H,9H2,(H,18,19). The fourth-order valence-corrected chi connectivity index (χ4v) is 6.11. The van der Waals surface area contributed by atoms with Gasteiger partial charge in [-0.2, -0.15) is 0 Å². The molecule has 13 nitrogen and oxygen atoms in total. The molecule has 0 amide bonds. The second-order valence-electron chi connectivity index (χ2n) is 5.28. The van der Waals surface area contributed by atoms with Gasteiger partial charge in [0.2, 0.25) is 0 Å². The smallest absolute Gasteiger partial charge is 0.320 e. The van der Waals surface area contributed by atoms with Gasteiger partial charge in [0.15, 0.2) is 9.79 Å². The summed E-state index contributed by atoms with van der Waals surface area (Å²) in [5.41, 5.74) is -2.00. The van der Waals surface area contributed by atoms with Gasteiger partial charge in [-0.05, 0) is 12.1 Å². The number of carboxylic acid groups (broad SMARTS) is 1. The monoisotopic (exact) mass is 445 g/mol. The van der Waals surface area contributed by atoms with Gasteiger partial charge in [0.25, 0.3) is 31.4 Å². The minimum absolute atomic E-state index is 0.521. The first kappa shape index (κ1) is 21.9. The Morgan fingerprint density at radius 1 is 0.828 bits per heavy atom. The summed E-state index contributed by atoms with van der Waals surface area (Å²) in [5, 5.41) is 31.3. The molecule has 2 aromatic rings. The van der Waals surface area contributed by atoms with Crippen LogP contribution >= 0.6 is 0 Å². The summed E-state index contributed by atoms with van der Waals surface area (Å²) in [6, 6.07) is 7.37. The molecule has 0 saturated heterocycles. The van der Waals surface area contributed by atoms with Crippen LogP contribution in [-0.4, -0.2) is 48.0 Å². The summed E-state index contributed by atoms with van der Waals surface area (Å²) in [4.78, 5) is 29.1. The molecule has 0 fully saturated rings. The van der Waals surface area contributed by atoms with Gasteiger partial charge < -0.3 is 5.11 Å². The molecule has 0 bridgehead atoms. The van der Waals surface area contributed by atoms with Gasteiger partial charge in [-0.25, -0.2) is 16.8 Å². The number of carboxylic acids is 1. The van der Waals surface area contributed by atoms with E-state index in [2.05, 4.69) is 0 Å². The molecule has 29 heavy (non-hydrogen) atoms. The van der Waals surface area contributed by atoms with E-state index >= 15 is 0 Å². The Morgan fingerprint density at radius 3 is 1.48 bits per heavy atom. The highest BCUT2D eigenvalue weighted by atomic mass is 32.3. The van der Waals surface area contributed by atoms with Crippen LogP contribution in [-0.2, 0) is 24.8 Å². The topological polar surface area (TPSA) is 195 Å². The lowest BCUT2D eigenvalue weighted by Crippen LogP contribution is -2.40. The highest BCUT2D eigenvalue weighted by Gasteiger charge is 2.43. The summed E-state index contributed by atoms with van der Waals surface area (Å²) in [6.07, 6.45) is 0. The largest absolute Gasteiger partial charge is 0.480 e. The molecule has 0 aromatic heterocycles. The fourth-order valence-electron chi connectivity index (χ4n) is 2.28. The summed E-state index contributed by atoms with van der Waals surface area (Å²) < 4.78 is 51.1. The zero-order valence-corrected chi connectivity index (χ0v) is 15.7. The van der Waals surface area contributed by atoms with E-state index in [1.54, 1.807) is 0 Å². The number of nitro groups is 2. The Hall–Kier alpha value is -3.43. The number of para-hydroxylation sites is 2. The highest BCUT2D eigenvalue weighted by molar-refractivity contribution is 8.04. The van der Waals surface area contributed by atoms with Crippen LogP contribution in [0, 0.1) is 20.2 Å². The average molecular weight is 445 g/mol. The average Bonchev–Trinajstić information content (AvgIpc) is 2.65. The molecule has 2 rings (SSSR count). The van der Waals surface area contributed by atoms with Crippen LogP contribution in [0.15, 0.2) is 58.3 Å². The number of sulfonamides is 2. The maximum Gasteiger partial charge on any atom is 0.320 e. The number of rotatable bonds is 8. The van der Waals surface area contributed by atoms with Crippen molar-refractivity contribution < 1.29 is 36.6 Å².